The Balaban J connectivity index is 1.57. The number of carbonyl (C=O) groups excluding carboxylic acids is 2. The molecule has 3 rings (SSSR count). The number of hydrogen-bond acceptors (Lipinski definition) is 2. The van der Waals surface area contributed by atoms with Crippen molar-refractivity contribution in [2.75, 3.05) is 18.4 Å². The Morgan fingerprint density at radius 3 is 2.38 bits per heavy atom. The molecule has 1 aliphatic heterocycles. The molecule has 1 unspecified atom stereocenters. The highest BCUT2D eigenvalue weighted by molar-refractivity contribution is 5.95. The van der Waals surface area contributed by atoms with Crippen molar-refractivity contribution in [3.8, 4) is 0 Å². The molecule has 7 heteroatoms. The first-order chi connectivity index (χ1) is 13.8. The number of nitrogens with zero attached hydrogens (tertiary/aromatic N) is 1. The van der Waals surface area contributed by atoms with Gasteiger partial charge in [-0.3, -0.25) is 9.59 Å². The van der Waals surface area contributed by atoms with Crippen LogP contribution in [0.4, 0.5) is 18.9 Å². The van der Waals surface area contributed by atoms with Crippen molar-refractivity contribution in [1.29, 1.82) is 0 Å². The van der Waals surface area contributed by atoms with Crippen LogP contribution in [0.5, 0.6) is 0 Å². The lowest BCUT2D eigenvalue weighted by atomic mass is 9.97. The zero-order valence-corrected chi connectivity index (χ0v) is 15.7. The summed E-state index contributed by atoms with van der Waals surface area (Å²) >= 11 is 0. The second-order valence-corrected chi connectivity index (χ2v) is 6.93. The number of anilines is 1. The number of likely N-dealkylation sites (tertiary alicyclic amines) is 1. The first-order valence-corrected chi connectivity index (χ1v) is 9.33. The van der Waals surface area contributed by atoms with Crippen LogP contribution in [0.15, 0.2) is 60.7 Å². The topological polar surface area (TPSA) is 49.4 Å². The number of alkyl halides is 3. The number of halogens is 3. The molecule has 0 aromatic heterocycles. The third kappa shape index (κ3) is 5.70. The SMILES string of the molecule is O=C(Nc1ccccc1)C1CCCN(C(=O)/C=C/c2ccc(C(F)(F)F)cc2)C1. The Labute approximate surface area is 167 Å². The summed E-state index contributed by atoms with van der Waals surface area (Å²) in [6.45, 7) is 0.861. The summed E-state index contributed by atoms with van der Waals surface area (Å²) in [6.07, 6.45) is -0.158. The van der Waals surface area contributed by atoms with Crippen LogP contribution in [0.25, 0.3) is 6.08 Å². The van der Waals surface area contributed by atoms with Gasteiger partial charge in [-0.15, -0.1) is 0 Å². The van der Waals surface area contributed by atoms with Gasteiger partial charge in [0.15, 0.2) is 0 Å². The van der Waals surface area contributed by atoms with Gasteiger partial charge in [-0.1, -0.05) is 30.3 Å². The van der Waals surface area contributed by atoms with E-state index in [1.165, 1.54) is 24.3 Å². The Bertz CT molecular complexity index is 877. The minimum atomic E-state index is -4.39. The number of nitrogens with one attached hydrogen (secondary N) is 1. The van der Waals surface area contributed by atoms with Crippen LogP contribution < -0.4 is 5.32 Å². The molecule has 4 nitrogen and oxygen atoms in total. The third-order valence-corrected chi connectivity index (χ3v) is 4.80. The van der Waals surface area contributed by atoms with Crippen molar-refractivity contribution in [2.24, 2.45) is 5.92 Å². The molecule has 0 spiro atoms. The molecule has 2 aromatic rings. The molecule has 0 aliphatic carbocycles. The summed E-state index contributed by atoms with van der Waals surface area (Å²) < 4.78 is 37.8. The molecule has 1 fully saturated rings. The summed E-state index contributed by atoms with van der Waals surface area (Å²) in [5.41, 5.74) is 0.481. The minimum absolute atomic E-state index is 0.125. The monoisotopic (exact) mass is 402 g/mol. The molecule has 152 valence electrons. The average molecular weight is 402 g/mol. The molecule has 2 amide bonds. The fourth-order valence-electron chi connectivity index (χ4n) is 3.21. The second kappa shape index (κ2) is 8.94. The van der Waals surface area contributed by atoms with Gasteiger partial charge in [0, 0.05) is 24.9 Å². The summed E-state index contributed by atoms with van der Waals surface area (Å²) in [5, 5.41) is 2.86. The van der Waals surface area contributed by atoms with E-state index in [0.29, 0.717) is 37.2 Å². The van der Waals surface area contributed by atoms with Crippen molar-refractivity contribution in [3.63, 3.8) is 0 Å². The highest BCUT2D eigenvalue weighted by Gasteiger charge is 2.30. The lowest BCUT2D eigenvalue weighted by Gasteiger charge is -2.31. The molecule has 2 aromatic carbocycles. The fourth-order valence-corrected chi connectivity index (χ4v) is 3.21. The number of carbonyl (C=O) groups is 2. The lowest BCUT2D eigenvalue weighted by molar-refractivity contribution is -0.137. The number of hydrogen-bond donors (Lipinski definition) is 1. The van der Waals surface area contributed by atoms with Crippen LogP contribution in [-0.2, 0) is 15.8 Å². The largest absolute Gasteiger partial charge is 0.416 e. The molecule has 29 heavy (non-hydrogen) atoms. The van der Waals surface area contributed by atoms with E-state index in [1.54, 1.807) is 17.0 Å². The predicted octanol–water partition coefficient (Wildman–Crippen LogP) is 4.60. The Morgan fingerprint density at radius 1 is 1.03 bits per heavy atom. The van der Waals surface area contributed by atoms with Gasteiger partial charge in [-0.25, -0.2) is 0 Å². The number of piperidine rings is 1. The molecule has 1 N–H and O–H groups in total. The quantitative estimate of drug-likeness (QED) is 0.760. The summed E-state index contributed by atoms with van der Waals surface area (Å²) in [5.74, 6) is -0.685. The molecular weight excluding hydrogens is 381 g/mol. The summed E-state index contributed by atoms with van der Waals surface area (Å²) in [7, 11) is 0. The van der Waals surface area contributed by atoms with E-state index in [0.717, 1.165) is 12.1 Å². The van der Waals surface area contributed by atoms with Gasteiger partial charge in [0.1, 0.15) is 0 Å². The molecule has 0 saturated carbocycles. The van der Waals surface area contributed by atoms with Crippen LogP contribution in [0.2, 0.25) is 0 Å². The minimum Gasteiger partial charge on any atom is -0.338 e. The van der Waals surface area contributed by atoms with E-state index in [9.17, 15) is 22.8 Å². The standard InChI is InChI=1S/C22H21F3N2O2/c23-22(24,25)18-11-8-16(9-12-18)10-13-20(28)27-14-4-5-17(15-27)21(29)26-19-6-2-1-3-7-19/h1-3,6-13,17H,4-5,14-15H2,(H,26,29)/b13-10+. The number of benzene rings is 2. The van der Waals surface area contributed by atoms with Crippen molar-refractivity contribution in [2.45, 2.75) is 19.0 Å². The van der Waals surface area contributed by atoms with Crippen molar-refractivity contribution in [3.05, 3.63) is 71.8 Å². The lowest BCUT2D eigenvalue weighted by Crippen LogP contribution is -2.43. The maximum absolute atomic E-state index is 12.6. The Hall–Kier alpha value is -3.09. The van der Waals surface area contributed by atoms with Crippen molar-refractivity contribution in [1.82, 2.24) is 4.90 Å². The van der Waals surface area contributed by atoms with Gasteiger partial charge < -0.3 is 10.2 Å². The average Bonchev–Trinajstić information content (AvgIpc) is 2.72. The zero-order valence-electron chi connectivity index (χ0n) is 15.7. The second-order valence-electron chi connectivity index (χ2n) is 6.93. The van der Waals surface area contributed by atoms with Gasteiger partial charge >= 0.3 is 6.18 Å². The highest BCUT2D eigenvalue weighted by Crippen LogP contribution is 2.29. The molecule has 1 atom stereocenters. The first-order valence-electron chi connectivity index (χ1n) is 9.33. The third-order valence-electron chi connectivity index (χ3n) is 4.80. The Morgan fingerprint density at radius 2 is 1.72 bits per heavy atom. The molecule has 0 radical (unpaired) electrons. The summed E-state index contributed by atoms with van der Waals surface area (Å²) in [4.78, 5) is 26.5. The van der Waals surface area contributed by atoms with E-state index < -0.39 is 11.7 Å². The van der Waals surface area contributed by atoms with Crippen LogP contribution in [0.1, 0.15) is 24.0 Å². The normalized spacial score (nSPS) is 17.3. The maximum atomic E-state index is 12.6. The van der Waals surface area contributed by atoms with Gasteiger partial charge in [0.05, 0.1) is 11.5 Å². The number of rotatable bonds is 4. The zero-order chi connectivity index (χ0) is 20.9. The number of para-hydroxylation sites is 1. The van der Waals surface area contributed by atoms with Crippen LogP contribution in [-0.4, -0.2) is 29.8 Å². The fraction of sp³-hybridized carbons (Fsp3) is 0.273. The van der Waals surface area contributed by atoms with E-state index in [1.807, 2.05) is 18.2 Å². The molecule has 1 aliphatic rings. The molecular formula is C22H21F3N2O2. The van der Waals surface area contributed by atoms with Crippen LogP contribution in [0.3, 0.4) is 0 Å². The molecule has 1 saturated heterocycles. The Kier molecular flexibility index (Phi) is 6.36. The van der Waals surface area contributed by atoms with E-state index in [-0.39, 0.29) is 17.7 Å². The first kappa shape index (κ1) is 20.6. The van der Waals surface area contributed by atoms with Gasteiger partial charge in [-0.2, -0.15) is 13.2 Å². The molecule has 0 bridgehead atoms. The van der Waals surface area contributed by atoms with Gasteiger partial charge in [-0.05, 0) is 48.7 Å². The van der Waals surface area contributed by atoms with Gasteiger partial charge in [0.2, 0.25) is 11.8 Å². The molecule has 1 heterocycles. The van der Waals surface area contributed by atoms with Gasteiger partial charge in [0.25, 0.3) is 0 Å². The highest BCUT2D eigenvalue weighted by atomic mass is 19.4. The van der Waals surface area contributed by atoms with Crippen molar-refractivity contribution >= 4 is 23.6 Å². The van der Waals surface area contributed by atoms with E-state index >= 15 is 0 Å². The summed E-state index contributed by atoms with van der Waals surface area (Å²) in [6, 6.07) is 13.7. The van der Waals surface area contributed by atoms with Crippen LogP contribution in [0, 0.1) is 5.92 Å². The van der Waals surface area contributed by atoms with Crippen LogP contribution >= 0.6 is 0 Å². The van der Waals surface area contributed by atoms with E-state index in [2.05, 4.69) is 5.32 Å². The maximum Gasteiger partial charge on any atom is 0.416 e. The predicted molar refractivity (Wildman–Crippen MR) is 105 cm³/mol. The van der Waals surface area contributed by atoms with Crippen molar-refractivity contribution < 1.29 is 22.8 Å². The smallest absolute Gasteiger partial charge is 0.338 e. The van der Waals surface area contributed by atoms with E-state index in [4.69, 9.17) is 0 Å². The number of amides is 2.